The van der Waals surface area contributed by atoms with Gasteiger partial charge in [0.15, 0.2) is 0 Å². The van der Waals surface area contributed by atoms with E-state index in [9.17, 15) is 9.59 Å². The minimum absolute atomic E-state index is 0.105. The van der Waals surface area contributed by atoms with Crippen molar-refractivity contribution in [3.63, 3.8) is 0 Å². The molecule has 0 fully saturated rings. The van der Waals surface area contributed by atoms with Crippen molar-refractivity contribution in [2.45, 2.75) is 19.4 Å². The third-order valence-electron chi connectivity index (χ3n) is 2.01. The highest BCUT2D eigenvalue weighted by Gasteiger charge is 2.12. The second-order valence-corrected chi connectivity index (χ2v) is 5.06. The maximum absolute atomic E-state index is 11.8. The number of carbonyl (C=O) groups is 2. The van der Waals surface area contributed by atoms with E-state index in [0.29, 0.717) is 10.6 Å². The fourth-order valence-corrected chi connectivity index (χ4v) is 2.21. The summed E-state index contributed by atoms with van der Waals surface area (Å²) < 4.78 is 0.720. The van der Waals surface area contributed by atoms with Crippen LogP contribution in [-0.2, 0) is 4.79 Å². The molecular formula is C11H12BrClN2O2. The number of amides is 2. The van der Waals surface area contributed by atoms with Crippen LogP contribution in [0.25, 0.3) is 0 Å². The zero-order chi connectivity index (χ0) is 13.0. The van der Waals surface area contributed by atoms with E-state index in [0.717, 1.165) is 4.47 Å². The van der Waals surface area contributed by atoms with E-state index in [4.69, 9.17) is 17.3 Å². The summed E-state index contributed by atoms with van der Waals surface area (Å²) in [6, 6.07) is 4.58. The first-order valence-electron chi connectivity index (χ1n) is 4.93. The Morgan fingerprint density at radius 3 is 2.65 bits per heavy atom. The topological polar surface area (TPSA) is 72.2 Å². The SMILES string of the molecule is CC(CC(N)=O)NC(=O)c1cc(Cl)cc(Br)c1. The van der Waals surface area contributed by atoms with Crippen LogP contribution >= 0.6 is 27.5 Å². The highest BCUT2D eigenvalue weighted by molar-refractivity contribution is 9.10. The molecule has 3 N–H and O–H groups in total. The summed E-state index contributed by atoms with van der Waals surface area (Å²) in [5.74, 6) is -0.743. The largest absolute Gasteiger partial charge is 0.370 e. The van der Waals surface area contributed by atoms with E-state index in [-0.39, 0.29) is 18.4 Å². The number of benzene rings is 1. The lowest BCUT2D eigenvalue weighted by atomic mass is 10.1. The van der Waals surface area contributed by atoms with Crippen molar-refractivity contribution in [2.24, 2.45) is 5.73 Å². The van der Waals surface area contributed by atoms with Gasteiger partial charge in [0, 0.05) is 27.5 Å². The molecule has 0 aliphatic heterocycles. The molecule has 0 saturated heterocycles. The minimum Gasteiger partial charge on any atom is -0.370 e. The quantitative estimate of drug-likeness (QED) is 0.892. The summed E-state index contributed by atoms with van der Waals surface area (Å²) in [6.07, 6.45) is 0.105. The van der Waals surface area contributed by atoms with Crippen molar-refractivity contribution in [2.75, 3.05) is 0 Å². The number of nitrogens with one attached hydrogen (secondary N) is 1. The Morgan fingerprint density at radius 1 is 1.47 bits per heavy atom. The summed E-state index contributed by atoms with van der Waals surface area (Å²) in [5, 5.41) is 3.13. The molecule has 0 spiro atoms. The van der Waals surface area contributed by atoms with Gasteiger partial charge >= 0.3 is 0 Å². The number of hydrogen-bond acceptors (Lipinski definition) is 2. The molecule has 0 aliphatic rings. The first-order chi connectivity index (χ1) is 7.88. The Labute approximate surface area is 113 Å². The molecular weight excluding hydrogens is 307 g/mol. The summed E-state index contributed by atoms with van der Waals surface area (Å²) in [7, 11) is 0. The molecule has 0 bridgehead atoms. The van der Waals surface area contributed by atoms with Gasteiger partial charge in [0.2, 0.25) is 5.91 Å². The Bertz CT molecular complexity index is 431. The molecule has 4 nitrogen and oxygen atoms in total. The number of hydrogen-bond donors (Lipinski definition) is 2. The molecule has 1 atom stereocenters. The van der Waals surface area contributed by atoms with E-state index in [1.807, 2.05) is 0 Å². The van der Waals surface area contributed by atoms with E-state index < -0.39 is 5.91 Å². The van der Waals surface area contributed by atoms with Gasteiger partial charge in [-0.25, -0.2) is 0 Å². The first kappa shape index (κ1) is 14.0. The van der Waals surface area contributed by atoms with E-state index in [1.54, 1.807) is 25.1 Å². The smallest absolute Gasteiger partial charge is 0.251 e. The van der Waals surface area contributed by atoms with Crippen molar-refractivity contribution in [1.82, 2.24) is 5.32 Å². The Hall–Kier alpha value is -1.07. The van der Waals surface area contributed by atoms with Gasteiger partial charge < -0.3 is 11.1 Å². The molecule has 1 unspecified atom stereocenters. The maximum atomic E-state index is 11.8. The monoisotopic (exact) mass is 318 g/mol. The lowest BCUT2D eigenvalue weighted by Crippen LogP contribution is -2.35. The zero-order valence-corrected chi connectivity index (χ0v) is 11.5. The molecule has 1 aromatic carbocycles. The molecule has 0 saturated carbocycles. The summed E-state index contributed by atoms with van der Waals surface area (Å²) in [6.45, 7) is 1.71. The number of primary amides is 1. The maximum Gasteiger partial charge on any atom is 0.251 e. The van der Waals surface area contributed by atoms with Gasteiger partial charge in [-0.2, -0.15) is 0 Å². The molecule has 1 aromatic rings. The molecule has 6 heteroatoms. The van der Waals surface area contributed by atoms with Crippen LogP contribution in [0.4, 0.5) is 0 Å². The highest BCUT2D eigenvalue weighted by Crippen LogP contribution is 2.19. The van der Waals surface area contributed by atoms with Crippen LogP contribution in [-0.4, -0.2) is 17.9 Å². The molecule has 0 heterocycles. The van der Waals surface area contributed by atoms with Crippen LogP contribution in [0.5, 0.6) is 0 Å². The molecule has 2 amide bonds. The Kier molecular flexibility index (Phi) is 4.96. The molecule has 1 rings (SSSR count). The summed E-state index contributed by atoms with van der Waals surface area (Å²) in [4.78, 5) is 22.5. The summed E-state index contributed by atoms with van der Waals surface area (Å²) in [5.41, 5.74) is 5.47. The zero-order valence-electron chi connectivity index (χ0n) is 9.17. The van der Waals surface area contributed by atoms with Gasteiger partial charge in [0.25, 0.3) is 5.91 Å². The van der Waals surface area contributed by atoms with Crippen molar-refractivity contribution in [3.05, 3.63) is 33.3 Å². The fraction of sp³-hybridized carbons (Fsp3) is 0.273. The number of halogens is 2. The van der Waals surface area contributed by atoms with Crippen LogP contribution in [0.3, 0.4) is 0 Å². The normalized spacial score (nSPS) is 11.9. The van der Waals surface area contributed by atoms with Crippen molar-refractivity contribution in [1.29, 1.82) is 0 Å². The lowest BCUT2D eigenvalue weighted by Gasteiger charge is -2.12. The van der Waals surface area contributed by atoms with Gasteiger partial charge in [-0.3, -0.25) is 9.59 Å². The number of nitrogens with two attached hydrogens (primary N) is 1. The van der Waals surface area contributed by atoms with Crippen LogP contribution in [0.1, 0.15) is 23.7 Å². The first-order valence-corrected chi connectivity index (χ1v) is 6.11. The third kappa shape index (κ3) is 4.75. The second-order valence-electron chi connectivity index (χ2n) is 3.70. The van der Waals surface area contributed by atoms with E-state index >= 15 is 0 Å². The average molecular weight is 320 g/mol. The Morgan fingerprint density at radius 2 is 2.12 bits per heavy atom. The summed E-state index contributed by atoms with van der Waals surface area (Å²) >= 11 is 9.08. The van der Waals surface area contributed by atoms with Crippen LogP contribution in [0.2, 0.25) is 5.02 Å². The minimum atomic E-state index is -0.454. The molecule has 92 valence electrons. The molecule has 0 radical (unpaired) electrons. The van der Waals surface area contributed by atoms with Crippen molar-refractivity contribution in [3.8, 4) is 0 Å². The van der Waals surface area contributed by atoms with Gasteiger partial charge in [0.05, 0.1) is 0 Å². The predicted octanol–water partition coefficient (Wildman–Crippen LogP) is 2.10. The lowest BCUT2D eigenvalue weighted by molar-refractivity contribution is -0.118. The third-order valence-corrected chi connectivity index (χ3v) is 2.69. The molecule has 0 aliphatic carbocycles. The predicted molar refractivity (Wildman–Crippen MR) is 69.9 cm³/mol. The second kappa shape index (κ2) is 6.02. The van der Waals surface area contributed by atoms with Crippen molar-refractivity contribution < 1.29 is 9.59 Å². The van der Waals surface area contributed by atoms with Crippen molar-refractivity contribution >= 4 is 39.3 Å². The van der Waals surface area contributed by atoms with Crippen LogP contribution in [0.15, 0.2) is 22.7 Å². The average Bonchev–Trinajstić information content (AvgIpc) is 2.14. The van der Waals surface area contributed by atoms with Gasteiger partial charge in [-0.15, -0.1) is 0 Å². The van der Waals surface area contributed by atoms with Crippen LogP contribution in [0, 0.1) is 0 Å². The van der Waals surface area contributed by atoms with E-state index in [1.165, 1.54) is 0 Å². The van der Waals surface area contributed by atoms with Gasteiger partial charge in [-0.05, 0) is 25.1 Å². The molecule has 0 aromatic heterocycles. The highest BCUT2D eigenvalue weighted by atomic mass is 79.9. The van der Waals surface area contributed by atoms with Gasteiger partial charge in [0.1, 0.15) is 0 Å². The van der Waals surface area contributed by atoms with E-state index in [2.05, 4.69) is 21.2 Å². The fourth-order valence-electron chi connectivity index (χ4n) is 1.34. The number of rotatable bonds is 4. The van der Waals surface area contributed by atoms with Gasteiger partial charge in [-0.1, -0.05) is 27.5 Å². The Balaban J connectivity index is 2.72. The number of carbonyl (C=O) groups excluding carboxylic acids is 2. The molecule has 17 heavy (non-hydrogen) atoms. The van der Waals surface area contributed by atoms with Crippen LogP contribution < -0.4 is 11.1 Å². The standard InChI is InChI=1S/C11H12BrClN2O2/c1-6(2-10(14)16)15-11(17)7-3-8(12)5-9(13)4-7/h3-6H,2H2,1H3,(H2,14,16)(H,15,17).